The average Bonchev–Trinajstić information content (AvgIpc) is 2.60. The first kappa shape index (κ1) is 18.3. The molecule has 3 nitrogen and oxygen atoms in total. The molecule has 0 unspecified atom stereocenters. The largest absolute Gasteiger partial charge is 0.326 e. The summed E-state index contributed by atoms with van der Waals surface area (Å²) in [4.78, 5) is 24.3. The molecule has 0 saturated carbocycles. The van der Waals surface area contributed by atoms with E-state index in [4.69, 9.17) is 0 Å². The van der Waals surface area contributed by atoms with Gasteiger partial charge in [0.2, 0.25) is 5.91 Å². The molecular weight excluding hydrogens is 318 g/mol. The number of carbonyl (C=O) groups excluding carboxylic acids is 2. The Morgan fingerprint density at radius 3 is 2.21 bits per heavy atom. The van der Waals surface area contributed by atoms with Crippen LogP contribution < -0.4 is 5.32 Å². The van der Waals surface area contributed by atoms with Gasteiger partial charge in [-0.1, -0.05) is 38.1 Å². The maximum atomic E-state index is 12.3. The van der Waals surface area contributed by atoms with Crippen molar-refractivity contribution in [2.45, 2.75) is 38.0 Å². The number of ketones is 1. The molecule has 1 N–H and O–H groups in total. The quantitative estimate of drug-likeness (QED) is 0.561. The van der Waals surface area contributed by atoms with Crippen LogP contribution >= 0.6 is 11.8 Å². The Morgan fingerprint density at radius 2 is 1.67 bits per heavy atom. The fourth-order valence-corrected chi connectivity index (χ4v) is 3.10. The van der Waals surface area contributed by atoms with Crippen LogP contribution in [-0.4, -0.2) is 17.4 Å². The molecule has 24 heavy (non-hydrogen) atoms. The summed E-state index contributed by atoms with van der Waals surface area (Å²) in [5, 5.41) is 2.73. The van der Waals surface area contributed by atoms with E-state index in [1.807, 2.05) is 48.5 Å². The second kappa shape index (κ2) is 8.69. The van der Waals surface area contributed by atoms with Crippen LogP contribution in [0.4, 0.5) is 5.69 Å². The molecule has 0 bridgehead atoms. The normalized spacial score (nSPS) is 11.8. The van der Waals surface area contributed by atoms with Crippen molar-refractivity contribution < 1.29 is 9.59 Å². The van der Waals surface area contributed by atoms with Crippen LogP contribution in [0.15, 0.2) is 53.4 Å². The van der Waals surface area contributed by atoms with Crippen molar-refractivity contribution >= 4 is 29.1 Å². The molecule has 126 valence electrons. The maximum absolute atomic E-state index is 12.3. The molecule has 1 atom stereocenters. The van der Waals surface area contributed by atoms with Crippen molar-refractivity contribution in [1.29, 1.82) is 0 Å². The summed E-state index contributed by atoms with van der Waals surface area (Å²) in [6.45, 7) is 5.84. The number of anilines is 1. The maximum Gasteiger partial charge on any atom is 0.221 e. The van der Waals surface area contributed by atoms with E-state index >= 15 is 0 Å². The first-order valence-electron chi connectivity index (χ1n) is 8.13. The highest BCUT2D eigenvalue weighted by molar-refractivity contribution is 8.00. The minimum atomic E-state index is -0.0913. The summed E-state index contributed by atoms with van der Waals surface area (Å²) in [5.74, 6) is 0.959. The van der Waals surface area contributed by atoms with Gasteiger partial charge in [0.25, 0.3) is 0 Å². The number of carbonyl (C=O) groups is 2. The van der Waals surface area contributed by atoms with E-state index in [-0.39, 0.29) is 11.7 Å². The van der Waals surface area contributed by atoms with Crippen molar-refractivity contribution in [3.63, 3.8) is 0 Å². The molecule has 0 aromatic heterocycles. The zero-order valence-corrected chi connectivity index (χ0v) is 15.2. The monoisotopic (exact) mass is 341 g/mol. The van der Waals surface area contributed by atoms with Gasteiger partial charge in [-0.25, -0.2) is 0 Å². The fraction of sp³-hybridized carbons (Fsp3) is 0.300. The van der Waals surface area contributed by atoms with Gasteiger partial charge in [0.1, 0.15) is 0 Å². The van der Waals surface area contributed by atoms with Crippen molar-refractivity contribution in [3.05, 3.63) is 59.7 Å². The number of benzene rings is 2. The van der Waals surface area contributed by atoms with Crippen LogP contribution in [0.3, 0.4) is 0 Å². The lowest BCUT2D eigenvalue weighted by Crippen LogP contribution is -2.05. The van der Waals surface area contributed by atoms with E-state index in [1.54, 1.807) is 0 Å². The SMILES string of the molecule is CC[C@H](C)c1ccc(C(=O)CSc2ccc(NC(C)=O)cc2)cc1. The van der Waals surface area contributed by atoms with Crippen LogP contribution in [0, 0.1) is 0 Å². The van der Waals surface area contributed by atoms with Gasteiger partial charge in [-0.15, -0.1) is 11.8 Å². The topological polar surface area (TPSA) is 46.2 Å². The lowest BCUT2D eigenvalue weighted by molar-refractivity contribution is -0.114. The van der Waals surface area contributed by atoms with E-state index in [1.165, 1.54) is 24.2 Å². The van der Waals surface area contributed by atoms with Gasteiger partial charge in [-0.3, -0.25) is 9.59 Å². The Bertz CT molecular complexity index is 693. The van der Waals surface area contributed by atoms with Crippen LogP contribution in [0.25, 0.3) is 0 Å². The minimum Gasteiger partial charge on any atom is -0.326 e. The Morgan fingerprint density at radius 1 is 1.04 bits per heavy atom. The number of rotatable bonds is 7. The van der Waals surface area contributed by atoms with Gasteiger partial charge in [0.05, 0.1) is 5.75 Å². The van der Waals surface area contributed by atoms with Crippen LogP contribution in [0.1, 0.15) is 49.0 Å². The Labute approximate surface area is 147 Å². The summed E-state index contributed by atoms with van der Waals surface area (Å²) < 4.78 is 0. The zero-order valence-electron chi connectivity index (χ0n) is 14.3. The first-order valence-corrected chi connectivity index (χ1v) is 9.11. The third kappa shape index (κ3) is 5.24. The summed E-state index contributed by atoms with van der Waals surface area (Å²) in [5.41, 5.74) is 2.79. The van der Waals surface area contributed by atoms with Crippen molar-refractivity contribution in [2.75, 3.05) is 11.1 Å². The van der Waals surface area contributed by atoms with E-state index in [0.717, 1.165) is 22.6 Å². The minimum absolute atomic E-state index is 0.0913. The molecule has 2 aromatic rings. The second-order valence-corrected chi connectivity index (χ2v) is 6.90. The highest BCUT2D eigenvalue weighted by Crippen LogP contribution is 2.23. The lowest BCUT2D eigenvalue weighted by atomic mass is 9.97. The first-order chi connectivity index (χ1) is 11.5. The number of amides is 1. The molecule has 0 heterocycles. The van der Waals surface area contributed by atoms with Gasteiger partial charge < -0.3 is 5.32 Å². The van der Waals surface area contributed by atoms with E-state index in [0.29, 0.717) is 11.7 Å². The van der Waals surface area contributed by atoms with Crippen LogP contribution in [-0.2, 0) is 4.79 Å². The molecule has 4 heteroatoms. The molecule has 2 aromatic carbocycles. The van der Waals surface area contributed by atoms with E-state index in [2.05, 4.69) is 19.2 Å². The zero-order chi connectivity index (χ0) is 17.5. The molecular formula is C20H23NO2S. The number of hydrogen-bond acceptors (Lipinski definition) is 3. The molecule has 0 spiro atoms. The highest BCUT2D eigenvalue weighted by atomic mass is 32.2. The predicted octanol–water partition coefficient (Wildman–Crippen LogP) is 5.13. The average molecular weight is 341 g/mol. The number of thioether (sulfide) groups is 1. The third-order valence-corrected chi connectivity index (χ3v) is 4.97. The number of hydrogen-bond donors (Lipinski definition) is 1. The number of Topliss-reactive ketones (excluding diaryl/α,β-unsaturated/α-hetero) is 1. The Hall–Kier alpha value is -2.07. The Balaban J connectivity index is 1.91. The molecule has 0 fully saturated rings. The molecule has 0 radical (unpaired) electrons. The lowest BCUT2D eigenvalue weighted by Gasteiger charge is -2.09. The highest BCUT2D eigenvalue weighted by Gasteiger charge is 2.08. The van der Waals surface area contributed by atoms with Gasteiger partial charge in [0.15, 0.2) is 5.78 Å². The summed E-state index contributed by atoms with van der Waals surface area (Å²) >= 11 is 1.50. The van der Waals surface area contributed by atoms with Crippen molar-refractivity contribution in [2.24, 2.45) is 0 Å². The third-order valence-electron chi connectivity index (χ3n) is 3.96. The van der Waals surface area contributed by atoms with Gasteiger partial charge in [0, 0.05) is 23.1 Å². The van der Waals surface area contributed by atoms with Gasteiger partial charge in [-0.05, 0) is 42.2 Å². The second-order valence-electron chi connectivity index (χ2n) is 5.85. The van der Waals surface area contributed by atoms with Crippen LogP contribution in [0.5, 0.6) is 0 Å². The number of nitrogens with one attached hydrogen (secondary N) is 1. The summed E-state index contributed by atoms with van der Waals surface area (Å²) in [6.07, 6.45) is 1.09. The summed E-state index contributed by atoms with van der Waals surface area (Å²) in [7, 11) is 0. The molecule has 1 amide bonds. The smallest absolute Gasteiger partial charge is 0.221 e. The van der Waals surface area contributed by atoms with Crippen molar-refractivity contribution in [3.8, 4) is 0 Å². The van der Waals surface area contributed by atoms with E-state index < -0.39 is 0 Å². The van der Waals surface area contributed by atoms with Gasteiger partial charge >= 0.3 is 0 Å². The predicted molar refractivity (Wildman–Crippen MR) is 101 cm³/mol. The van der Waals surface area contributed by atoms with Crippen LogP contribution in [0.2, 0.25) is 0 Å². The van der Waals surface area contributed by atoms with E-state index in [9.17, 15) is 9.59 Å². The molecule has 0 aliphatic carbocycles. The molecule has 0 saturated heterocycles. The standard InChI is InChI=1S/C20H23NO2S/c1-4-14(2)16-5-7-17(8-6-16)20(23)13-24-19-11-9-18(10-12-19)21-15(3)22/h5-12,14H,4,13H2,1-3H3,(H,21,22)/t14-/m0/s1. The van der Waals surface area contributed by atoms with Gasteiger partial charge in [-0.2, -0.15) is 0 Å². The molecule has 0 aliphatic rings. The molecule has 0 aliphatic heterocycles. The Kier molecular flexibility index (Phi) is 6.62. The molecule has 2 rings (SSSR count). The van der Waals surface area contributed by atoms with Crippen molar-refractivity contribution in [1.82, 2.24) is 0 Å². The fourth-order valence-electron chi connectivity index (χ4n) is 2.30. The summed E-state index contributed by atoms with van der Waals surface area (Å²) in [6, 6.07) is 15.5.